The van der Waals surface area contributed by atoms with E-state index in [-0.39, 0.29) is 5.91 Å². The third-order valence-corrected chi connectivity index (χ3v) is 2.76. The molecule has 3 heteroatoms. The summed E-state index contributed by atoms with van der Waals surface area (Å²) in [5.74, 6) is 0.448. The third kappa shape index (κ3) is 2.50. The van der Waals surface area contributed by atoms with E-state index in [9.17, 15) is 4.79 Å². The molecule has 1 N–H and O–H groups in total. The van der Waals surface area contributed by atoms with Crippen molar-refractivity contribution in [1.82, 2.24) is 4.98 Å². The van der Waals surface area contributed by atoms with Gasteiger partial charge in [0.05, 0.1) is 0 Å². The van der Waals surface area contributed by atoms with Crippen molar-refractivity contribution >= 4 is 11.7 Å². The Morgan fingerprint density at radius 1 is 1.12 bits per heavy atom. The molecule has 0 bridgehead atoms. The van der Waals surface area contributed by atoms with E-state index < -0.39 is 0 Å². The molecule has 3 nitrogen and oxygen atoms in total. The van der Waals surface area contributed by atoms with Crippen LogP contribution in [-0.2, 0) is 0 Å². The van der Waals surface area contributed by atoms with Crippen molar-refractivity contribution in [3.63, 3.8) is 0 Å². The fraction of sp³-hybridized carbons (Fsp3) is 0.143. The van der Waals surface area contributed by atoms with Crippen LogP contribution in [0.25, 0.3) is 0 Å². The molecule has 0 saturated carbocycles. The van der Waals surface area contributed by atoms with Crippen LogP contribution < -0.4 is 5.32 Å². The first-order valence-electron chi connectivity index (χ1n) is 5.47. The molecule has 2 rings (SSSR count). The summed E-state index contributed by atoms with van der Waals surface area (Å²) in [5.41, 5.74) is 2.80. The summed E-state index contributed by atoms with van der Waals surface area (Å²) >= 11 is 0. The number of pyridine rings is 1. The zero-order valence-corrected chi connectivity index (χ0v) is 9.90. The lowest BCUT2D eigenvalue weighted by Crippen LogP contribution is -2.14. The Hall–Kier alpha value is -2.16. The lowest BCUT2D eigenvalue weighted by Gasteiger charge is -2.08. The fourth-order valence-electron chi connectivity index (χ4n) is 1.62. The van der Waals surface area contributed by atoms with E-state index in [0.717, 1.165) is 11.1 Å². The number of benzene rings is 1. The van der Waals surface area contributed by atoms with Crippen molar-refractivity contribution in [2.75, 3.05) is 5.32 Å². The highest BCUT2D eigenvalue weighted by molar-refractivity contribution is 6.04. The van der Waals surface area contributed by atoms with Crippen LogP contribution in [-0.4, -0.2) is 10.9 Å². The van der Waals surface area contributed by atoms with Crippen LogP contribution in [0.15, 0.2) is 42.6 Å². The van der Waals surface area contributed by atoms with Gasteiger partial charge in [-0.3, -0.25) is 4.79 Å². The molecule has 1 aromatic heterocycles. The van der Waals surface area contributed by atoms with E-state index in [1.54, 1.807) is 12.3 Å². The molecule has 2 aromatic rings. The average molecular weight is 226 g/mol. The smallest absolute Gasteiger partial charge is 0.257 e. The zero-order valence-electron chi connectivity index (χ0n) is 9.90. The highest BCUT2D eigenvalue weighted by atomic mass is 16.1. The fourth-order valence-corrected chi connectivity index (χ4v) is 1.62. The minimum Gasteiger partial charge on any atom is -0.307 e. The summed E-state index contributed by atoms with van der Waals surface area (Å²) < 4.78 is 0. The number of hydrogen-bond acceptors (Lipinski definition) is 2. The van der Waals surface area contributed by atoms with Crippen molar-refractivity contribution in [1.29, 1.82) is 0 Å². The second-order valence-corrected chi connectivity index (χ2v) is 3.92. The van der Waals surface area contributed by atoms with Gasteiger partial charge in [-0.15, -0.1) is 0 Å². The zero-order chi connectivity index (χ0) is 12.3. The molecule has 0 radical (unpaired) electrons. The van der Waals surface area contributed by atoms with Gasteiger partial charge in [-0.05, 0) is 43.2 Å². The summed E-state index contributed by atoms with van der Waals surface area (Å²) in [4.78, 5) is 16.1. The molecule has 0 aliphatic rings. The Morgan fingerprint density at radius 2 is 1.94 bits per heavy atom. The Labute approximate surface area is 101 Å². The predicted octanol–water partition coefficient (Wildman–Crippen LogP) is 2.95. The maximum atomic E-state index is 12.0. The molecule has 0 aliphatic heterocycles. The summed E-state index contributed by atoms with van der Waals surface area (Å²) in [7, 11) is 0. The number of anilines is 1. The molecule has 0 saturated heterocycles. The Kier molecular flexibility index (Phi) is 3.19. The SMILES string of the molecule is Cc1cccc(C(=O)Nc2ccccn2)c1C. The van der Waals surface area contributed by atoms with Crippen LogP contribution in [0, 0.1) is 13.8 Å². The highest BCUT2D eigenvalue weighted by Crippen LogP contribution is 2.14. The molecular formula is C14H14N2O. The Morgan fingerprint density at radius 3 is 2.65 bits per heavy atom. The van der Waals surface area contributed by atoms with Gasteiger partial charge in [-0.1, -0.05) is 18.2 Å². The van der Waals surface area contributed by atoms with Crippen LogP contribution in [0.1, 0.15) is 21.5 Å². The predicted molar refractivity (Wildman–Crippen MR) is 68.1 cm³/mol. The number of carbonyl (C=O) groups excluding carboxylic acids is 1. The molecule has 0 unspecified atom stereocenters. The maximum absolute atomic E-state index is 12.0. The molecular weight excluding hydrogens is 212 g/mol. The van der Waals surface area contributed by atoms with Crippen LogP contribution >= 0.6 is 0 Å². The molecule has 1 heterocycles. The largest absolute Gasteiger partial charge is 0.307 e. The molecule has 0 spiro atoms. The quantitative estimate of drug-likeness (QED) is 0.855. The van der Waals surface area contributed by atoms with E-state index in [1.807, 2.05) is 44.2 Å². The van der Waals surface area contributed by atoms with E-state index in [1.165, 1.54) is 0 Å². The monoisotopic (exact) mass is 226 g/mol. The standard InChI is InChI=1S/C14H14N2O/c1-10-6-5-7-12(11(10)2)14(17)16-13-8-3-4-9-15-13/h3-9H,1-2H3,(H,15,16,17). The van der Waals surface area contributed by atoms with E-state index in [4.69, 9.17) is 0 Å². The number of rotatable bonds is 2. The molecule has 17 heavy (non-hydrogen) atoms. The second kappa shape index (κ2) is 4.78. The number of carbonyl (C=O) groups is 1. The highest BCUT2D eigenvalue weighted by Gasteiger charge is 2.10. The van der Waals surface area contributed by atoms with Crippen LogP contribution in [0.5, 0.6) is 0 Å². The minimum atomic E-state index is -0.120. The summed E-state index contributed by atoms with van der Waals surface area (Å²) in [6.07, 6.45) is 1.65. The first-order chi connectivity index (χ1) is 8.18. The van der Waals surface area contributed by atoms with Gasteiger partial charge in [0.15, 0.2) is 0 Å². The first kappa shape index (κ1) is 11.3. The van der Waals surface area contributed by atoms with Gasteiger partial charge in [-0.2, -0.15) is 0 Å². The second-order valence-electron chi connectivity index (χ2n) is 3.92. The van der Waals surface area contributed by atoms with Crippen LogP contribution in [0.4, 0.5) is 5.82 Å². The lowest BCUT2D eigenvalue weighted by molar-refractivity contribution is 0.102. The number of nitrogens with zero attached hydrogens (tertiary/aromatic N) is 1. The van der Waals surface area contributed by atoms with E-state index >= 15 is 0 Å². The minimum absolute atomic E-state index is 0.120. The molecule has 1 amide bonds. The van der Waals surface area contributed by atoms with Crippen molar-refractivity contribution in [3.8, 4) is 0 Å². The van der Waals surface area contributed by atoms with E-state index in [2.05, 4.69) is 10.3 Å². The Balaban J connectivity index is 2.24. The molecule has 1 aromatic carbocycles. The van der Waals surface area contributed by atoms with Gasteiger partial charge in [0.25, 0.3) is 5.91 Å². The van der Waals surface area contributed by atoms with Crippen LogP contribution in [0.2, 0.25) is 0 Å². The maximum Gasteiger partial charge on any atom is 0.257 e. The van der Waals surface area contributed by atoms with Gasteiger partial charge in [0, 0.05) is 11.8 Å². The van der Waals surface area contributed by atoms with Crippen molar-refractivity contribution in [2.45, 2.75) is 13.8 Å². The summed E-state index contributed by atoms with van der Waals surface area (Å²) in [5, 5.41) is 2.78. The van der Waals surface area contributed by atoms with Gasteiger partial charge in [-0.25, -0.2) is 4.98 Å². The topological polar surface area (TPSA) is 42.0 Å². The van der Waals surface area contributed by atoms with Crippen molar-refractivity contribution in [2.24, 2.45) is 0 Å². The van der Waals surface area contributed by atoms with Crippen LogP contribution in [0.3, 0.4) is 0 Å². The molecule has 0 aliphatic carbocycles. The van der Waals surface area contributed by atoms with E-state index in [0.29, 0.717) is 11.4 Å². The van der Waals surface area contributed by atoms with Crippen molar-refractivity contribution in [3.05, 3.63) is 59.3 Å². The van der Waals surface area contributed by atoms with Gasteiger partial charge >= 0.3 is 0 Å². The molecule has 0 fully saturated rings. The number of hydrogen-bond donors (Lipinski definition) is 1. The lowest BCUT2D eigenvalue weighted by atomic mass is 10.0. The number of nitrogens with one attached hydrogen (secondary N) is 1. The normalized spacial score (nSPS) is 10.0. The van der Waals surface area contributed by atoms with Gasteiger partial charge in [0.1, 0.15) is 5.82 Å². The molecule has 0 atom stereocenters. The number of aromatic nitrogens is 1. The van der Waals surface area contributed by atoms with Crippen molar-refractivity contribution < 1.29 is 4.79 Å². The average Bonchev–Trinajstić information content (AvgIpc) is 2.34. The van der Waals surface area contributed by atoms with Gasteiger partial charge in [0.2, 0.25) is 0 Å². The Bertz CT molecular complexity index is 535. The third-order valence-electron chi connectivity index (χ3n) is 2.76. The number of amides is 1. The van der Waals surface area contributed by atoms with Gasteiger partial charge < -0.3 is 5.32 Å². The summed E-state index contributed by atoms with van der Waals surface area (Å²) in [6.45, 7) is 3.94. The molecule has 86 valence electrons. The first-order valence-corrected chi connectivity index (χ1v) is 5.47. The number of aryl methyl sites for hydroxylation is 1. The summed E-state index contributed by atoms with van der Waals surface area (Å²) in [6, 6.07) is 11.1.